The highest BCUT2D eigenvalue weighted by atomic mass is 32.1. The minimum Gasteiger partial charge on any atom is -0.377 e. The standard InChI is InChI=1S/C14H19NO2S/c1-2-17-12-4-3-9-15(10-12)14(16)11-5-7-13(18)8-6-11/h5-8,12,18H,2-4,9-10H2,1H3. The molecule has 1 unspecified atom stereocenters. The van der Waals surface area contributed by atoms with Crippen molar-refractivity contribution in [2.24, 2.45) is 0 Å². The number of carbonyl (C=O) groups is 1. The van der Waals surface area contributed by atoms with Gasteiger partial charge in [0.1, 0.15) is 0 Å². The lowest BCUT2D eigenvalue weighted by Gasteiger charge is -2.32. The largest absolute Gasteiger partial charge is 0.377 e. The third-order valence-electron chi connectivity index (χ3n) is 3.18. The molecule has 0 spiro atoms. The second-order valence-electron chi connectivity index (χ2n) is 4.52. The lowest BCUT2D eigenvalue weighted by atomic mass is 10.1. The van der Waals surface area contributed by atoms with E-state index < -0.39 is 0 Å². The van der Waals surface area contributed by atoms with Crippen LogP contribution in [0.1, 0.15) is 30.1 Å². The molecule has 4 heteroatoms. The third-order valence-corrected chi connectivity index (χ3v) is 3.48. The highest BCUT2D eigenvalue weighted by Crippen LogP contribution is 2.17. The molecule has 0 saturated carbocycles. The van der Waals surface area contributed by atoms with Gasteiger partial charge < -0.3 is 9.64 Å². The second kappa shape index (κ2) is 6.25. The first-order valence-electron chi connectivity index (χ1n) is 6.40. The number of nitrogens with zero attached hydrogens (tertiary/aromatic N) is 1. The number of hydrogen-bond acceptors (Lipinski definition) is 3. The van der Waals surface area contributed by atoms with Crippen LogP contribution in [-0.2, 0) is 4.74 Å². The summed E-state index contributed by atoms with van der Waals surface area (Å²) in [5.41, 5.74) is 0.727. The van der Waals surface area contributed by atoms with Crippen LogP contribution in [0.15, 0.2) is 29.2 Å². The van der Waals surface area contributed by atoms with Crippen molar-refractivity contribution in [2.45, 2.75) is 30.8 Å². The smallest absolute Gasteiger partial charge is 0.253 e. The molecule has 1 heterocycles. The van der Waals surface area contributed by atoms with Gasteiger partial charge in [0.25, 0.3) is 5.91 Å². The lowest BCUT2D eigenvalue weighted by Crippen LogP contribution is -2.43. The third kappa shape index (κ3) is 3.27. The SMILES string of the molecule is CCOC1CCCN(C(=O)c2ccc(S)cc2)C1. The molecule has 1 fully saturated rings. The average molecular weight is 265 g/mol. The van der Waals surface area contributed by atoms with Crippen LogP contribution in [-0.4, -0.2) is 36.6 Å². The fraction of sp³-hybridized carbons (Fsp3) is 0.500. The Balaban J connectivity index is 2.02. The number of rotatable bonds is 3. The zero-order valence-electron chi connectivity index (χ0n) is 10.6. The van der Waals surface area contributed by atoms with E-state index >= 15 is 0 Å². The van der Waals surface area contributed by atoms with E-state index in [0.29, 0.717) is 13.2 Å². The highest BCUT2D eigenvalue weighted by molar-refractivity contribution is 7.80. The minimum atomic E-state index is 0.0905. The molecular weight excluding hydrogens is 246 g/mol. The summed E-state index contributed by atoms with van der Waals surface area (Å²) in [4.78, 5) is 15.1. The molecule has 98 valence electrons. The molecule has 1 amide bonds. The topological polar surface area (TPSA) is 29.5 Å². The molecule has 1 atom stereocenters. The summed E-state index contributed by atoms with van der Waals surface area (Å²) in [6, 6.07) is 7.35. The van der Waals surface area contributed by atoms with Gasteiger partial charge >= 0.3 is 0 Å². The van der Waals surface area contributed by atoms with Crippen molar-refractivity contribution in [3.63, 3.8) is 0 Å². The summed E-state index contributed by atoms with van der Waals surface area (Å²) in [5, 5.41) is 0. The Morgan fingerprint density at radius 3 is 2.83 bits per heavy atom. The number of ether oxygens (including phenoxy) is 1. The van der Waals surface area contributed by atoms with E-state index in [0.717, 1.165) is 29.8 Å². The molecule has 1 aromatic carbocycles. The van der Waals surface area contributed by atoms with Gasteiger partial charge in [0.15, 0.2) is 0 Å². The highest BCUT2D eigenvalue weighted by Gasteiger charge is 2.24. The van der Waals surface area contributed by atoms with Crippen molar-refractivity contribution in [3.05, 3.63) is 29.8 Å². The van der Waals surface area contributed by atoms with Crippen molar-refractivity contribution in [1.82, 2.24) is 4.90 Å². The fourth-order valence-electron chi connectivity index (χ4n) is 2.28. The van der Waals surface area contributed by atoms with Crippen LogP contribution in [0.25, 0.3) is 0 Å². The quantitative estimate of drug-likeness (QED) is 0.851. The first-order chi connectivity index (χ1) is 8.70. The Hall–Kier alpha value is -1.00. The number of likely N-dealkylation sites (tertiary alicyclic amines) is 1. The lowest BCUT2D eigenvalue weighted by molar-refractivity contribution is 0.00724. The molecule has 0 aliphatic carbocycles. The zero-order chi connectivity index (χ0) is 13.0. The van der Waals surface area contributed by atoms with Gasteiger partial charge in [0.05, 0.1) is 6.10 Å². The summed E-state index contributed by atoms with van der Waals surface area (Å²) in [6.45, 7) is 4.23. The Kier molecular flexibility index (Phi) is 4.66. The summed E-state index contributed by atoms with van der Waals surface area (Å²) in [7, 11) is 0. The number of amides is 1. The van der Waals surface area contributed by atoms with E-state index in [1.165, 1.54) is 0 Å². The normalized spacial score (nSPS) is 19.9. The summed E-state index contributed by atoms with van der Waals surface area (Å²) >= 11 is 4.22. The first-order valence-corrected chi connectivity index (χ1v) is 6.85. The van der Waals surface area contributed by atoms with Crippen LogP contribution in [0.3, 0.4) is 0 Å². The second-order valence-corrected chi connectivity index (χ2v) is 5.03. The minimum absolute atomic E-state index is 0.0905. The molecule has 0 bridgehead atoms. The summed E-state index contributed by atoms with van der Waals surface area (Å²) in [6.07, 6.45) is 2.26. The maximum absolute atomic E-state index is 12.3. The van der Waals surface area contributed by atoms with Crippen molar-refractivity contribution >= 4 is 18.5 Å². The molecular formula is C14H19NO2S. The summed E-state index contributed by atoms with van der Waals surface area (Å²) in [5.74, 6) is 0.0905. The number of piperidine rings is 1. The maximum Gasteiger partial charge on any atom is 0.253 e. The monoisotopic (exact) mass is 265 g/mol. The first kappa shape index (κ1) is 13.4. The molecule has 1 aliphatic rings. The average Bonchev–Trinajstić information content (AvgIpc) is 2.39. The van der Waals surface area contributed by atoms with Crippen LogP contribution in [0.4, 0.5) is 0 Å². The van der Waals surface area contributed by atoms with Gasteiger partial charge in [-0.25, -0.2) is 0 Å². The molecule has 1 aromatic rings. The zero-order valence-corrected chi connectivity index (χ0v) is 11.5. The molecule has 1 saturated heterocycles. The van der Waals surface area contributed by atoms with Gasteiger partial charge in [-0.1, -0.05) is 0 Å². The van der Waals surface area contributed by atoms with Gasteiger partial charge in [-0.2, -0.15) is 0 Å². The van der Waals surface area contributed by atoms with Gasteiger partial charge in [-0.15, -0.1) is 12.6 Å². The summed E-state index contributed by atoms with van der Waals surface area (Å²) < 4.78 is 5.61. The molecule has 1 aliphatic heterocycles. The Bertz CT molecular complexity index is 403. The Morgan fingerprint density at radius 1 is 1.44 bits per heavy atom. The predicted molar refractivity (Wildman–Crippen MR) is 74.2 cm³/mol. The number of benzene rings is 1. The van der Waals surface area contributed by atoms with Crippen molar-refractivity contribution in [2.75, 3.05) is 19.7 Å². The van der Waals surface area contributed by atoms with Gasteiger partial charge in [-0.3, -0.25) is 4.79 Å². The Morgan fingerprint density at radius 2 is 2.17 bits per heavy atom. The molecule has 18 heavy (non-hydrogen) atoms. The van der Waals surface area contributed by atoms with E-state index in [2.05, 4.69) is 12.6 Å². The van der Waals surface area contributed by atoms with Crippen LogP contribution in [0.2, 0.25) is 0 Å². The molecule has 0 N–H and O–H groups in total. The number of thiol groups is 1. The molecule has 0 aromatic heterocycles. The van der Waals surface area contributed by atoms with Crippen LogP contribution in [0.5, 0.6) is 0 Å². The van der Waals surface area contributed by atoms with Gasteiger partial charge in [0.2, 0.25) is 0 Å². The van der Waals surface area contributed by atoms with E-state index in [1.54, 1.807) is 0 Å². The van der Waals surface area contributed by atoms with E-state index in [-0.39, 0.29) is 12.0 Å². The Labute approximate surface area is 114 Å². The van der Waals surface area contributed by atoms with E-state index in [1.807, 2.05) is 36.1 Å². The fourth-order valence-corrected chi connectivity index (χ4v) is 2.43. The maximum atomic E-state index is 12.3. The number of hydrogen-bond donors (Lipinski definition) is 1. The molecule has 0 radical (unpaired) electrons. The van der Waals surface area contributed by atoms with Crippen LogP contribution < -0.4 is 0 Å². The van der Waals surface area contributed by atoms with Crippen molar-refractivity contribution in [3.8, 4) is 0 Å². The molecule has 3 nitrogen and oxygen atoms in total. The van der Waals surface area contributed by atoms with Crippen molar-refractivity contribution < 1.29 is 9.53 Å². The number of carbonyl (C=O) groups excluding carboxylic acids is 1. The van der Waals surface area contributed by atoms with Crippen LogP contribution in [0, 0.1) is 0 Å². The van der Waals surface area contributed by atoms with Crippen LogP contribution >= 0.6 is 12.6 Å². The molecule has 2 rings (SSSR count). The van der Waals surface area contributed by atoms with E-state index in [9.17, 15) is 4.79 Å². The van der Waals surface area contributed by atoms with Crippen molar-refractivity contribution in [1.29, 1.82) is 0 Å². The predicted octanol–water partition coefficient (Wildman–Crippen LogP) is 2.62. The van der Waals surface area contributed by atoms with Gasteiger partial charge in [0, 0.05) is 30.2 Å². The van der Waals surface area contributed by atoms with E-state index in [4.69, 9.17) is 4.74 Å². The van der Waals surface area contributed by atoms with Gasteiger partial charge in [-0.05, 0) is 44.0 Å².